The summed E-state index contributed by atoms with van der Waals surface area (Å²) in [6.07, 6.45) is 9.13. The van der Waals surface area contributed by atoms with Gasteiger partial charge in [0.05, 0.1) is 0 Å². The van der Waals surface area contributed by atoms with Gasteiger partial charge in [0.2, 0.25) is 0 Å². The van der Waals surface area contributed by atoms with Crippen LogP contribution >= 0.6 is 0 Å². The second kappa shape index (κ2) is 3.27. The fraction of sp³-hybridized carbons (Fsp3) is 1.00. The molecule has 0 bridgehead atoms. The summed E-state index contributed by atoms with van der Waals surface area (Å²) in [6, 6.07) is 0. The Bertz CT molecular complexity index is 171. The highest BCUT2D eigenvalue weighted by atomic mass is 15.2. The first-order valence-electron chi connectivity index (χ1n) is 6.14. The minimum Gasteiger partial charge on any atom is -0.302 e. The van der Waals surface area contributed by atoms with Gasteiger partial charge in [0, 0.05) is 19.6 Å². The summed E-state index contributed by atoms with van der Waals surface area (Å²) in [5.74, 6) is 3.28. The number of rotatable bonds is 2. The molecule has 1 heteroatoms. The number of nitrogens with zero attached hydrogens (tertiary/aromatic N) is 1. The second-order valence-electron chi connectivity index (χ2n) is 5.47. The van der Waals surface area contributed by atoms with Crippen molar-refractivity contribution in [2.45, 2.75) is 38.5 Å². The molecule has 74 valence electrons. The summed E-state index contributed by atoms with van der Waals surface area (Å²) >= 11 is 0. The Morgan fingerprint density at radius 3 is 2.00 bits per heavy atom. The van der Waals surface area contributed by atoms with Crippen molar-refractivity contribution in [1.82, 2.24) is 4.90 Å². The molecule has 2 saturated carbocycles. The molecule has 0 aromatic rings. The van der Waals surface area contributed by atoms with Gasteiger partial charge in [-0.3, -0.25) is 0 Å². The molecule has 0 aromatic carbocycles. The predicted octanol–water partition coefficient (Wildman–Crippen LogP) is 2.52. The van der Waals surface area contributed by atoms with E-state index in [9.17, 15) is 0 Å². The summed E-state index contributed by atoms with van der Waals surface area (Å²) in [5, 5.41) is 0. The van der Waals surface area contributed by atoms with E-state index >= 15 is 0 Å². The topological polar surface area (TPSA) is 3.24 Å². The molecule has 13 heavy (non-hydrogen) atoms. The zero-order valence-electron chi connectivity index (χ0n) is 8.54. The fourth-order valence-corrected chi connectivity index (χ4v) is 3.52. The molecule has 1 heterocycles. The molecule has 0 aromatic heterocycles. The van der Waals surface area contributed by atoms with Gasteiger partial charge in [0.1, 0.15) is 0 Å². The van der Waals surface area contributed by atoms with Crippen LogP contribution in [0, 0.1) is 17.8 Å². The number of likely N-dealkylation sites (tertiary alicyclic amines) is 1. The highest BCUT2D eigenvalue weighted by molar-refractivity contribution is 4.89. The minimum absolute atomic E-state index is 1.08. The molecule has 1 nitrogen and oxygen atoms in total. The average Bonchev–Trinajstić information content (AvgIpc) is 2.54. The molecule has 0 spiro atoms. The largest absolute Gasteiger partial charge is 0.302 e. The molecule has 0 radical (unpaired) electrons. The van der Waals surface area contributed by atoms with Gasteiger partial charge in [-0.2, -0.15) is 0 Å². The molecule has 1 saturated heterocycles. The highest BCUT2D eigenvalue weighted by Crippen LogP contribution is 2.39. The molecule has 3 fully saturated rings. The number of hydrogen-bond acceptors (Lipinski definition) is 1. The third-order valence-corrected chi connectivity index (χ3v) is 4.54. The Balaban J connectivity index is 1.51. The Morgan fingerprint density at radius 1 is 0.846 bits per heavy atom. The van der Waals surface area contributed by atoms with E-state index in [1.807, 2.05) is 0 Å². The van der Waals surface area contributed by atoms with Crippen LogP contribution in [0.15, 0.2) is 0 Å². The van der Waals surface area contributed by atoms with Crippen LogP contribution in [0.1, 0.15) is 38.5 Å². The van der Waals surface area contributed by atoms with Crippen molar-refractivity contribution in [2.75, 3.05) is 19.6 Å². The van der Waals surface area contributed by atoms with Crippen molar-refractivity contribution >= 4 is 0 Å². The predicted molar refractivity (Wildman–Crippen MR) is 54.6 cm³/mol. The number of hydrogen-bond donors (Lipinski definition) is 0. The van der Waals surface area contributed by atoms with E-state index in [1.165, 1.54) is 58.2 Å². The Labute approximate surface area is 81.5 Å². The van der Waals surface area contributed by atoms with E-state index in [0.29, 0.717) is 0 Å². The molecular weight excluding hydrogens is 158 g/mol. The fourth-order valence-electron chi connectivity index (χ4n) is 3.52. The summed E-state index contributed by atoms with van der Waals surface area (Å²) in [4.78, 5) is 2.76. The minimum atomic E-state index is 1.08. The summed E-state index contributed by atoms with van der Waals surface area (Å²) in [6.45, 7) is 4.33. The van der Waals surface area contributed by atoms with Crippen LogP contribution in [-0.2, 0) is 0 Å². The van der Waals surface area contributed by atoms with Gasteiger partial charge in [0.25, 0.3) is 0 Å². The Hall–Kier alpha value is -0.0400. The van der Waals surface area contributed by atoms with Gasteiger partial charge in [-0.15, -0.1) is 0 Å². The van der Waals surface area contributed by atoms with Crippen LogP contribution in [0.3, 0.4) is 0 Å². The van der Waals surface area contributed by atoms with Crippen molar-refractivity contribution in [1.29, 1.82) is 0 Å². The van der Waals surface area contributed by atoms with Gasteiger partial charge < -0.3 is 4.90 Å². The molecule has 0 N–H and O–H groups in total. The maximum Gasteiger partial charge on any atom is 0.00130 e. The highest BCUT2D eigenvalue weighted by Gasteiger charge is 2.36. The van der Waals surface area contributed by atoms with E-state index in [-0.39, 0.29) is 0 Å². The quantitative estimate of drug-likeness (QED) is 0.629. The average molecular weight is 179 g/mol. The van der Waals surface area contributed by atoms with Crippen LogP contribution in [-0.4, -0.2) is 24.5 Å². The SMILES string of the molecule is C1CC(CN2CC3CCCC3C2)C1. The molecule has 0 amide bonds. The molecule has 2 atom stereocenters. The van der Waals surface area contributed by atoms with Gasteiger partial charge >= 0.3 is 0 Å². The summed E-state index contributed by atoms with van der Waals surface area (Å²) in [5.41, 5.74) is 0. The molecular formula is C12H21N. The van der Waals surface area contributed by atoms with E-state index < -0.39 is 0 Å². The number of fused-ring (bicyclic) bond motifs is 1. The van der Waals surface area contributed by atoms with Gasteiger partial charge in [-0.05, 0) is 43.4 Å². The maximum atomic E-state index is 2.76. The van der Waals surface area contributed by atoms with E-state index in [2.05, 4.69) is 4.90 Å². The first-order chi connectivity index (χ1) is 6.42. The van der Waals surface area contributed by atoms with Crippen molar-refractivity contribution in [2.24, 2.45) is 17.8 Å². The molecule has 1 aliphatic heterocycles. The van der Waals surface area contributed by atoms with Crippen LogP contribution < -0.4 is 0 Å². The maximum absolute atomic E-state index is 2.76. The summed E-state index contributed by atoms with van der Waals surface area (Å²) in [7, 11) is 0. The van der Waals surface area contributed by atoms with Gasteiger partial charge in [-0.25, -0.2) is 0 Å². The van der Waals surface area contributed by atoms with Crippen LogP contribution in [0.2, 0.25) is 0 Å². The monoisotopic (exact) mass is 179 g/mol. The lowest BCUT2D eigenvalue weighted by Gasteiger charge is -2.30. The molecule has 3 aliphatic rings. The van der Waals surface area contributed by atoms with Crippen LogP contribution in [0.25, 0.3) is 0 Å². The first kappa shape index (κ1) is 8.28. The third kappa shape index (κ3) is 1.52. The summed E-state index contributed by atoms with van der Waals surface area (Å²) < 4.78 is 0. The molecule has 2 unspecified atom stereocenters. The van der Waals surface area contributed by atoms with Gasteiger partial charge in [-0.1, -0.05) is 12.8 Å². The van der Waals surface area contributed by atoms with Crippen molar-refractivity contribution < 1.29 is 0 Å². The zero-order chi connectivity index (χ0) is 8.67. The van der Waals surface area contributed by atoms with Crippen molar-refractivity contribution in [3.63, 3.8) is 0 Å². The van der Waals surface area contributed by atoms with E-state index in [1.54, 1.807) is 0 Å². The Kier molecular flexibility index (Phi) is 2.08. The lowest BCUT2D eigenvalue weighted by Crippen LogP contribution is -2.31. The molecule has 2 aliphatic carbocycles. The van der Waals surface area contributed by atoms with E-state index in [4.69, 9.17) is 0 Å². The van der Waals surface area contributed by atoms with Crippen molar-refractivity contribution in [3.8, 4) is 0 Å². The van der Waals surface area contributed by atoms with Crippen molar-refractivity contribution in [3.05, 3.63) is 0 Å². The van der Waals surface area contributed by atoms with E-state index in [0.717, 1.165) is 17.8 Å². The normalized spacial score (nSPS) is 40.6. The lowest BCUT2D eigenvalue weighted by atomic mass is 9.85. The van der Waals surface area contributed by atoms with Crippen LogP contribution in [0.4, 0.5) is 0 Å². The smallest absolute Gasteiger partial charge is 0.00130 e. The molecule has 3 rings (SSSR count). The van der Waals surface area contributed by atoms with Crippen LogP contribution in [0.5, 0.6) is 0 Å². The zero-order valence-corrected chi connectivity index (χ0v) is 8.54. The third-order valence-electron chi connectivity index (χ3n) is 4.54. The second-order valence-corrected chi connectivity index (χ2v) is 5.47. The van der Waals surface area contributed by atoms with Gasteiger partial charge in [0.15, 0.2) is 0 Å². The lowest BCUT2D eigenvalue weighted by molar-refractivity contribution is 0.195. The Morgan fingerprint density at radius 2 is 1.46 bits per heavy atom. The standard InChI is InChI=1S/C12H21N/c1-3-10(4-1)7-13-8-11-5-2-6-12(11)9-13/h10-12H,1-9H2. The first-order valence-corrected chi connectivity index (χ1v) is 6.14.